The number of anilines is 1. The number of hydrogen-bond acceptors (Lipinski definition) is 2. The van der Waals surface area contributed by atoms with E-state index in [-0.39, 0.29) is 5.75 Å². The Hall–Kier alpha value is -1.67. The van der Waals surface area contributed by atoms with Gasteiger partial charge in [0.2, 0.25) is 0 Å². The third kappa shape index (κ3) is 2.17. The van der Waals surface area contributed by atoms with E-state index in [1.54, 1.807) is 6.07 Å². The molecule has 3 heteroatoms. The fraction of sp³-hybridized carbons (Fsp3) is 0.250. The smallest absolute Gasteiger partial charge is 0.139 e. The maximum absolute atomic E-state index is 10.0. The highest BCUT2D eigenvalue weighted by atomic mass is 35.5. The molecule has 0 spiro atoms. The van der Waals surface area contributed by atoms with Crippen molar-refractivity contribution in [3.63, 3.8) is 0 Å². The molecule has 19 heavy (non-hydrogen) atoms. The number of hydrogen-bond donors (Lipinski definition) is 1. The first-order valence-corrected chi connectivity index (χ1v) is 6.85. The van der Waals surface area contributed by atoms with Crippen LogP contribution in [0.3, 0.4) is 0 Å². The maximum Gasteiger partial charge on any atom is 0.139 e. The van der Waals surface area contributed by atoms with Gasteiger partial charge in [-0.2, -0.15) is 0 Å². The number of benzene rings is 2. The van der Waals surface area contributed by atoms with Gasteiger partial charge in [0.1, 0.15) is 5.75 Å². The third-order valence-corrected chi connectivity index (χ3v) is 4.06. The lowest BCUT2D eigenvalue weighted by Gasteiger charge is -2.25. The molecule has 1 heterocycles. The fourth-order valence-electron chi connectivity index (χ4n) is 2.74. The fourth-order valence-corrected chi connectivity index (χ4v) is 2.94. The normalized spacial score (nSPS) is 17.6. The molecule has 1 atom stereocenters. The summed E-state index contributed by atoms with van der Waals surface area (Å²) in [6.45, 7) is 2.90. The zero-order chi connectivity index (χ0) is 13.4. The van der Waals surface area contributed by atoms with E-state index in [9.17, 15) is 5.11 Å². The molecule has 0 amide bonds. The van der Waals surface area contributed by atoms with Gasteiger partial charge in [-0.25, -0.2) is 0 Å². The van der Waals surface area contributed by atoms with Gasteiger partial charge in [0.25, 0.3) is 0 Å². The number of phenolic OH excluding ortho intramolecular Hbond substituents is 1. The lowest BCUT2D eigenvalue weighted by molar-refractivity contribution is 0.466. The first-order valence-electron chi connectivity index (χ1n) is 6.47. The van der Waals surface area contributed by atoms with Crippen molar-refractivity contribution in [3.8, 4) is 5.75 Å². The van der Waals surface area contributed by atoms with E-state index < -0.39 is 0 Å². The summed E-state index contributed by atoms with van der Waals surface area (Å²) in [6, 6.07) is 14.4. The van der Waals surface area contributed by atoms with Crippen LogP contribution in [0.5, 0.6) is 5.75 Å². The SMILES string of the molecule is CC1Cc2ccccc2N1Cc1cccc(Cl)c1O. The molecule has 1 aliphatic heterocycles. The molecule has 0 aliphatic carbocycles. The van der Waals surface area contributed by atoms with Crippen molar-refractivity contribution in [2.75, 3.05) is 4.90 Å². The summed E-state index contributed by atoms with van der Waals surface area (Å²) in [6.07, 6.45) is 1.05. The maximum atomic E-state index is 10.0. The van der Waals surface area contributed by atoms with Gasteiger partial charge in [-0.1, -0.05) is 41.9 Å². The van der Waals surface area contributed by atoms with Crippen LogP contribution >= 0.6 is 11.6 Å². The van der Waals surface area contributed by atoms with E-state index in [4.69, 9.17) is 11.6 Å². The molecule has 98 valence electrons. The first-order chi connectivity index (χ1) is 9.16. The molecule has 3 rings (SSSR count). The molecule has 2 nitrogen and oxygen atoms in total. The number of rotatable bonds is 2. The molecule has 1 N–H and O–H groups in total. The highest BCUT2D eigenvalue weighted by Crippen LogP contribution is 2.35. The van der Waals surface area contributed by atoms with E-state index in [2.05, 4.69) is 36.1 Å². The summed E-state index contributed by atoms with van der Waals surface area (Å²) in [5.74, 6) is 0.195. The molecule has 0 aromatic heterocycles. The van der Waals surface area contributed by atoms with Crippen LogP contribution in [0.25, 0.3) is 0 Å². The number of aromatic hydroxyl groups is 1. The Morgan fingerprint density at radius 3 is 2.84 bits per heavy atom. The molecule has 0 saturated heterocycles. The Morgan fingerprint density at radius 1 is 1.21 bits per heavy atom. The predicted octanol–water partition coefficient (Wildman–Crippen LogP) is 4.00. The predicted molar refractivity (Wildman–Crippen MR) is 78.9 cm³/mol. The Bertz CT molecular complexity index is 611. The summed E-state index contributed by atoms with van der Waals surface area (Å²) >= 11 is 5.97. The minimum atomic E-state index is 0.195. The number of nitrogens with zero attached hydrogens (tertiary/aromatic N) is 1. The van der Waals surface area contributed by atoms with Crippen LogP contribution < -0.4 is 4.90 Å². The molecule has 2 aromatic rings. The molecule has 1 unspecified atom stereocenters. The molecular formula is C16H16ClNO. The second-order valence-corrected chi connectivity index (χ2v) is 5.46. The standard InChI is InChI=1S/C16H16ClNO/c1-11-9-12-5-2-3-8-15(12)18(11)10-13-6-4-7-14(17)16(13)19/h2-8,11,19H,9-10H2,1H3. The molecular weight excluding hydrogens is 258 g/mol. The van der Waals surface area contributed by atoms with Crippen LogP contribution in [0.2, 0.25) is 5.02 Å². The van der Waals surface area contributed by atoms with Crippen molar-refractivity contribution in [2.24, 2.45) is 0 Å². The first kappa shape index (κ1) is 12.4. The number of phenols is 1. The Morgan fingerprint density at radius 2 is 2.00 bits per heavy atom. The van der Waals surface area contributed by atoms with E-state index >= 15 is 0 Å². The van der Waals surface area contributed by atoms with Gasteiger partial charge in [0, 0.05) is 23.8 Å². The van der Waals surface area contributed by atoms with Crippen molar-refractivity contribution < 1.29 is 5.11 Å². The Kier molecular flexibility index (Phi) is 3.11. The van der Waals surface area contributed by atoms with Crippen LogP contribution in [-0.2, 0) is 13.0 Å². The van der Waals surface area contributed by atoms with Gasteiger partial charge in [0.15, 0.2) is 0 Å². The van der Waals surface area contributed by atoms with Crippen LogP contribution in [0.1, 0.15) is 18.1 Å². The van der Waals surface area contributed by atoms with Gasteiger partial charge < -0.3 is 10.0 Å². The van der Waals surface area contributed by atoms with Gasteiger partial charge >= 0.3 is 0 Å². The van der Waals surface area contributed by atoms with Crippen LogP contribution in [0, 0.1) is 0 Å². The van der Waals surface area contributed by atoms with E-state index in [1.165, 1.54) is 11.3 Å². The minimum Gasteiger partial charge on any atom is -0.506 e. The average Bonchev–Trinajstić information content (AvgIpc) is 2.72. The number of para-hydroxylation sites is 2. The summed E-state index contributed by atoms with van der Waals surface area (Å²) < 4.78 is 0. The highest BCUT2D eigenvalue weighted by molar-refractivity contribution is 6.32. The molecule has 2 aromatic carbocycles. The Balaban J connectivity index is 1.93. The topological polar surface area (TPSA) is 23.5 Å². The molecule has 0 saturated carbocycles. The van der Waals surface area contributed by atoms with Gasteiger partial charge in [-0.05, 0) is 31.0 Å². The van der Waals surface area contributed by atoms with Crippen molar-refractivity contribution in [1.29, 1.82) is 0 Å². The molecule has 0 fully saturated rings. The lowest BCUT2D eigenvalue weighted by atomic mass is 10.1. The zero-order valence-electron chi connectivity index (χ0n) is 10.8. The Labute approximate surface area is 118 Å². The molecule has 0 radical (unpaired) electrons. The second kappa shape index (κ2) is 4.78. The summed E-state index contributed by atoms with van der Waals surface area (Å²) in [5.41, 5.74) is 3.50. The molecule has 1 aliphatic rings. The number of halogens is 1. The summed E-state index contributed by atoms with van der Waals surface area (Å²) in [7, 11) is 0. The van der Waals surface area contributed by atoms with Crippen molar-refractivity contribution in [2.45, 2.75) is 25.9 Å². The second-order valence-electron chi connectivity index (χ2n) is 5.06. The molecule has 0 bridgehead atoms. The van der Waals surface area contributed by atoms with Crippen LogP contribution in [0.4, 0.5) is 5.69 Å². The van der Waals surface area contributed by atoms with Gasteiger partial charge in [0.05, 0.1) is 5.02 Å². The van der Waals surface area contributed by atoms with Crippen molar-refractivity contribution >= 4 is 17.3 Å². The monoisotopic (exact) mass is 273 g/mol. The van der Waals surface area contributed by atoms with E-state index in [0.717, 1.165) is 12.0 Å². The van der Waals surface area contributed by atoms with E-state index in [1.807, 2.05) is 12.1 Å². The van der Waals surface area contributed by atoms with Crippen LogP contribution in [0.15, 0.2) is 42.5 Å². The quantitative estimate of drug-likeness (QED) is 0.894. The van der Waals surface area contributed by atoms with Crippen molar-refractivity contribution in [3.05, 3.63) is 58.6 Å². The van der Waals surface area contributed by atoms with Crippen LogP contribution in [-0.4, -0.2) is 11.1 Å². The number of fused-ring (bicyclic) bond motifs is 1. The van der Waals surface area contributed by atoms with Gasteiger partial charge in [-0.3, -0.25) is 0 Å². The van der Waals surface area contributed by atoms with E-state index in [0.29, 0.717) is 17.6 Å². The third-order valence-electron chi connectivity index (χ3n) is 3.76. The largest absolute Gasteiger partial charge is 0.506 e. The minimum absolute atomic E-state index is 0.195. The average molecular weight is 274 g/mol. The van der Waals surface area contributed by atoms with Gasteiger partial charge in [-0.15, -0.1) is 0 Å². The highest BCUT2D eigenvalue weighted by Gasteiger charge is 2.26. The summed E-state index contributed by atoms with van der Waals surface area (Å²) in [4.78, 5) is 2.32. The summed E-state index contributed by atoms with van der Waals surface area (Å²) in [5, 5.41) is 10.4. The zero-order valence-corrected chi connectivity index (χ0v) is 11.6. The lowest BCUT2D eigenvalue weighted by Crippen LogP contribution is -2.28. The van der Waals surface area contributed by atoms with Crippen molar-refractivity contribution in [1.82, 2.24) is 0 Å².